The first-order valence-electron chi connectivity index (χ1n) is 3.96. The van der Waals surface area contributed by atoms with Crippen molar-refractivity contribution in [1.29, 1.82) is 0 Å². The first-order chi connectivity index (χ1) is 6.38. The molecule has 1 aromatic carbocycles. The zero-order chi connectivity index (χ0) is 10.8. The SMILES string of the molecule is NC(CC(F)(F)F)c1ccc(Cl)cc1. The lowest BCUT2D eigenvalue weighted by Gasteiger charge is -2.14. The van der Waals surface area contributed by atoms with Crippen molar-refractivity contribution >= 4 is 11.6 Å². The first kappa shape index (κ1) is 11.3. The van der Waals surface area contributed by atoms with Crippen LogP contribution in [0.4, 0.5) is 13.2 Å². The largest absolute Gasteiger partial charge is 0.390 e. The summed E-state index contributed by atoms with van der Waals surface area (Å²) < 4.78 is 35.9. The van der Waals surface area contributed by atoms with Gasteiger partial charge in [-0.3, -0.25) is 0 Å². The molecule has 0 spiro atoms. The number of hydrogen-bond donors (Lipinski definition) is 1. The molecule has 1 aromatic rings. The lowest BCUT2D eigenvalue weighted by Crippen LogP contribution is -2.20. The number of rotatable bonds is 2. The molecule has 0 aromatic heterocycles. The molecule has 1 unspecified atom stereocenters. The second kappa shape index (κ2) is 4.19. The summed E-state index contributed by atoms with van der Waals surface area (Å²) in [5.74, 6) is 0. The maximum atomic E-state index is 12.0. The maximum Gasteiger partial charge on any atom is 0.390 e. The van der Waals surface area contributed by atoms with E-state index in [2.05, 4.69) is 0 Å². The van der Waals surface area contributed by atoms with Gasteiger partial charge in [0.25, 0.3) is 0 Å². The molecule has 0 heterocycles. The van der Waals surface area contributed by atoms with Gasteiger partial charge in [0.1, 0.15) is 0 Å². The Morgan fingerprint density at radius 3 is 2.14 bits per heavy atom. The molecule has 5 heteroatoms. The van der Waals surface area contributed by atoms with Crippen LogP contribution in [0.1, 0.15) is 18.0 Å². The molecule has 0 aliphatic heterocycles. The summed E-state index contributed by atoms with van der Waals surface area (Å²) in [7, 11) is 0. The van der Waals surface area contributed by atoms with E-state index in [1.807, 2.05) is 0 Å². The summed E-state index contributed by atoms with van der Waals surface area (Å²) in [6, 6.07) is 5.02. The van der Waals surface area contributed by atoms with Gasteiger partial charge in [0, 0.05) is 11.1 Å². The van der Waals surface area contributed by atoms with Crippen LogP contribution in [0.25, 0.3) is 0 Å². The van der Waals surface area contributed by atoms with Crippen molar-refractivity contribution < 1.29 is 13.2 Å². The average molecular weight is 224 g/mol. The lowest BCUT2D eigenvalue weighted by atomic mass is 10.1. The van der Waals surface area contributed by atoms with Gasteiger partial charge in [-0.25, -0.2) is 0 Å². The third kappa shape index (κ3) is 3.55. The van der Waals surface area contributed by atoms with E-state index in [1.165, 1.54) is 24.3 Å². The predicted octanol–water partition coefficient (Wildman–Crippen LogP) is 3.29. The first-order valence-corrected chi connectivity index (χ1v) is 4.34. The Morgan fingerprint density at radius 1 is 1.21 bits per heavy atom. The fourth-order valence-electron chi connectivity index (χ4n) is 1.08. The van der Waals surface area contributed by atoms with E-state index in [9.17, 15) is 13.2 Å². The highest BCUT2D eigenvalue weighted by Crippen LogP contribution is 2.28. The van der Waals surface area contributed by atoms with Crippen molar-refractivity contribution in [3.8, 4) is 0 Å². The van der Waals surface area contributed by atoms with Gasteiger partial charge in [0.15, 0.2) is 0 Å². The maximum absolute atomic E-state index is 12.0. The van der Waals surface area contributed by atoms with Crippen molar-refractivity contribution in [3.05, 3.63) is 34.9 Å². The minimum absolute atomic E-state index is 0.437. The monoisotopic (exact) mass is 223 g/mol. The van der Waals surface area contributed by atoms with E-state index in [4.69, 9.17) is 17.3 Å². The molecule has 78 valence electrons. The molecule has 0 radical (unpaired) electrons. The van der Waals surface area contributed by atoms with Crippen LogP contribution in [0.15, 0.2) is 24.3 Å². The fourth-order valence-corrected chi connectivity index (χ4v) is 1.20. The van der Waals surface area contributed by atoms with Crippen LogP contribution < -0.4 is 5.73 Å². The van der Waals surface area contributed by atoms with Crippen LogP contribution in [-0.2, 0) is 0 Å². The normalized spacial score (nSPS) is 14.1. The number of nitrogens with two attached hydrogens (primary N) is 1. The van der Waals surface area contributed by atoms with Crippen LogP contribution in [0.5, 0.6) is 0 Å². The molecule has 0 aliphatic carbocycles. The van der Waals surface area contributed by atoms with E-state index >= 15 is 0 Å². The van der Waals surface area contributed by atoms with Crippen LogP contribution in [0, 0.1) is 0 Å². The second-order valence-electron chi connectivity index (χ2n) is 2.98. The Morgan fingerprint density at radius 2 is 1.71 bits per heavy atom. The molecular formula is C9H9ClF3N. The van der Waals surface area contributed by atoms with Gasteiger partial charge in [-0.1, -0.05) is 23.7 Å². The number of benzene rings is 1. The molecule has 1 rings (SSSR count). The topological polar surface area (TPSA) is 26.0 Å². The molecule has 0 saturated carbocycles. The molecular weight excluding hydrogens is 215 g/mol. The van der Waals surface area contributed by atoms with Crippen LogP contribution in [0.3, 0.4) is 0 Å². The van der Waals surface area contributed by atoms with Crippen LogP contribution in [0.2, 0.25) is 5.02 Å². The van der Waals surface area contributed by atoms with Crippen molar-refractivity contribution in [1.82, 2.24) is 0 Å². The van der Waals surface area contributed by atoms with E-state index in [-0.39, 0.29) is 0 Å². The van der Waals surface area contributed by atoms with Gasteiger partial charge >= 0.3 is 6.18 Å². The van der Waals surface area contributed by atoms with Gasteiger partial charge in [-0.2, -0.15) is 13.2 Å². The van der Waals surface area contributed by atoms with Gasteiger partial charge in [0.05, 0.1) is 6.42 Å². The Bertz CT molecular complexity index is 294. The molecule has 0 aliphatic rings. The van der Waals surface area contributed by atoms with Crippen molar-refractivity contribution in [2.24, 2.45) is 5.73 Å². The molecule has 2 N–H and O–H groups in total. The predicted molar refractivity (Wildman–Crippen MR) is 49.1 cm³/mol. The van der Waals surface area contributed by atoms with E-state index < -0.39 is 18.6 Å². The quantitative estimate of drug-likeness (QED) is 0.818. The third-order valence-electron chi connectivity index (χ3n) is 1.75. The van der Waals surface area contributed by atoms with Crippen LogP contribution >= 0.6 is 11.6 Å². The number of halogens is 4. The van der Waals surface area contributed by atoms with E-state index in [0.717, 1.165) is 0 Å². The fraction of sp³-hybridized carbons (Fsp3) is 0.333. The second-order valence-corrected chi connectivity index (χ2v) is 3.41. The number of hydrogen-bond acceptors (Lipinski definition) is 1. The summed E-state index contributed by atoms with van der Waals surface area (Å²) >= 11 is 5.59. The average Bonchev–Trinajstić information content (AvgIpc) is 2.02. The summed E-state index contributed by atoms with van der Waals surface area (Å²) in [5, 5.41) is 0.480. The zero-order valence-electron chi connectivity index (χ0n) is 7.18. The highest BCUT2D eigenvalue weighted by Gasteiger charge is 2.30. The standard InChI is InChI=1S/C9H9ClF3N/c10-7-3-1-6(2-4-7)8(14)5-9(11,12)13/h1-4,8H,5,14H2. The summed E-state index contributed by atoms with van der Waals surface area (Å²) in [6.07, 6.45) is -5.26. The van der Waals surface area contributed by atoms with Crippen molar-refractivity contribution in [3.63, 3.8) is 0 Å². The van der Waals surface area contributed by atoms with Crippen LogP contribution in [-0.4, -0.2) is 6.18 Å². The molecule has 0 saturated heterocycles. The molecule has 14 heavy (non-hydrogen) atoms. The molecule has 1 atom stereocenters. The van der Waals surface area contributed by atoms with E-state index in [1.54, 1.807) is 0 Å². The molecule has 0 bridgehead atoms. The van der Waals surface area contributed by atoms with Gasteiger partial charge in [-0.05, 0) is 17.7 Å². The summed E-state index contributed by atoms with van der Waals surface area (Å²) in [5.41, 5.74) is 5.80. The smallest absolute Gasteiger partial charge is 0.324 e. The van der Waals surface area contributed by atoms with Gasteiger partial charge in [-0.15, -0.1) is 0 Å². The summed E-state index contributed by atoms with van der Waals surface area (Å²) in [6.45, 7) is 0. The molecule has 1 nitrogen and oxygen atoms in total. The number of alkyl halides is 3. The Kier molecular flexibility index (Phi) is 3.39. The van der Waals surface area contributed by atoms with Gasteiger partial charge in [0.2, 0.25) is 0 Å². The third-order valence-corrected chi connectivity index (χ3v) is 2.00. The Hall–Kier alpha value is -0.740. The zero-order valence-corrected chi connectivity index (χ0v) is 7.94. The van der Waals surface area contributed by atoms with E-state index in [0.29, 0.717) is 10.6 Å². The molecule has 0 fully saturated rings. The highest BCUT2D eigenvalue weighted by molar-refractivity contribution is 6.30. The molecule has 0 amide bonds. The minimum Gasteiger partial charge on any atom is -0.324 e. The van der Waals surface area contributed by atoms with Crippen molar-refractivity contribution in [2.45, 2.75) is 18.6 Å². The summed E-state index contributed by atoms with van der Waals surface area (Å²) in [4.78, 5) is 0. The lowest BCUT2D eigenvalue weighted by molar-refractivity contribution is -0.138. The minimum atomic E-state index is -4.24. The highest BCUT2D eigenvalue weighted by atomic mass is 35.5. The van der Waals surface area contributed by atoms with Crippen molar-refractivity contribution in [2.75, 3.05) is 0 Å². The van der Waals surface area contributed by atoms with Gasteiger partial charge < -0.3 is 5.73 Å². The Labute approximate surface area is 84.7 Å². The Balaban J connectivity index is 2.70.